The van der Waals surface area contributed by atoms with Gasteiger partial charge in [-0.15, -0.1) is 0 Å². The molecule has 0 aromatic carbocycles. The predicted octanol–water partition coefficient (Wildman–Crippen LogP) is 2.84. The van der Waals surface area contributed by atoms with Crippen LogP contribution in [0.2, 0.25) is 0 Å². The van der Waals surface area contributed by atoms with E-state index in [1.54, 1.807) is 12.5 Å². The number of furan rings is 1. The third-order valence-electron chi connectivity index (χ3n) is 2.36. The van der Waals surface area contributed by atoms with E-state index in [0.717, 1.165) is 17.7 Å². The average molecular weight is 216 g/mol. The molecule has 2 heterocycles. The van der Waals surface area contributed by atoms with Crippen LogP contribution in [0.5, 0.6) is 0 Å². The Balaban J connectivity index is 2.14. The summed E-state index contributed by atoms with van der Waals surface area (Å²) >= 11 is 0. The van der Waals surface area contributed by atoms with Gasteiger partial charge in [0, 0.05) is 36.1 Å². The molecule has 84 valence electrons. The Hall–Kier alpha value is -1.61. The lowest BCUT2D eigenvalue weighted by molar-refractivity contribution is 0.568. The van der Waals surface area contributed by atoms with E-state index in [2.05, 4.69) is 30.2 Å². The Morgan fingerprint density at radius 2 is 2.19 bits per heavy atom. The average Bonchev–Trinajstić information content (AvgIpc) is 2.80. The second-order valence-electron chi connectivity index (χ2n) is 4.13. The molecule has 0 saturated carbocycles. The number of nitrogens with zero attached hydrogens (tertiary/aromatic N) is 1. The van der Waals surface area contributed by atoms with Crippen LogP contribution in [0.25, 0.3) is 11.1 Å². The zero-order chi connectivity index (χ0) is 11.4. The quantitative estimate of drug-likeness (QED) is 0.854. The van der Waals surface area contributed by atoms with E-state index in [1.165, 1.54) is 5.56 Å². The first kappa shape index (κ1) is 10.9. The van der Waals surface area contributed by atoms with Crippen LogP contribution in [0.4, 0.5) is 0 Å². The zero-order valence-corrected chi connectivity index (χ0v) is 9.60. The second kappa shape index (κ2) is 4.94. The number of rotatable bonds is 4. The summed E-state index contributed by atoms with van der Waals surface area (Å²) in [5.41, 5.74) is 3.35. The largest absolute Gasteiger partial charge is 0.472 e. The van der Waals surface area contributed by atoms with E-state index < -0.39 is 0 Å². The molecule has 2 rings (SSSR count). The molecule has 0 saturated heterocycles. The normalized spacial score (nSPS) is 10.9. The number of nitrogens with one attached hydrogen (secondary N) is 1. The molecule has 0 fully saturated rings. The maximum atomic E-state index is 5.06. The summed E-state index contributed by atoms with van der Waals surface area (Å²) in [6.45, 7) is 5.11. The van der Waals surface area contributed by atoms with Crippen molar-refractivity contribution in [2.45, 2.75) is 26.4 Å². The van der Waals surface area contributed by atoms with Crippen molar-refractivity contribution in [1.82, 2.24) is 10.3 Å². The molecule has 0 unspecified atom stereocenters. The first-order valence-corrected chi connectivity index (χ1v) is 5.45. The van der Waals surface area contributed by atoms with E-state index in [0.29, 0.717) is 6.04 Å². The molecule has 0 aliphatic heterocycles. The van der Waals surface area contributed by atoms with Gasteiger partial charge in [-0.25, -0.2) is 0 Å². The van der Waals surface area contributed by atoms with Gasteiger partial charge in [-0.1, -0.05) is 13.8 Å². The first-order valence-electron chi connectivity index (χ1n) is 5.45. The lowest BCUT2D eigenvalue weighted by Gasteiger charge is -2.08. The minimum atomic E-state index is 0.484. The molecular weight excluding hydrogens is 200 g/mol. The molecule has 3 nitrogen and oxygen atoms in total. The van der Waals surface area contributed by atoms with Gasteiger partial charge in [-0.05, 0) is 17.7 Å². The summed E-state index contributed by atoms with van der Waals surface area (Å²) in [6.07, 6.45) is 7.15. The maximum absolute atomic E-state index is 5.06. The van der Waals surface area contributed by atoms with Gasteiger partial charge in [0.2, 0.25) is 0 Å². The molecule has 16 heavy (non-hydrogen) atoms. The van der Waals surface area contributed by atoms with Crippen molar-refractivity contribution < 1.29 is 4.42 Å². The molecule has 0 aliphatic carbocycles. The van der Waals surface area contributed by atoms with Gasteiger partial charge in [0.25, 0.3) is 0 Å². The van der Waals surface area contributed by atoms with Crippen LogP contribution in [0.15, 0.2) is 41.5 Å². The van der Waals surface area contributed by atoms with E-state index in [-0.39, 0.29) is 0 Å². The molecule has 2 aromatic heterocycles. The van der Waals surface area contributed by atoms with Crippen LogP contribution in [0, 0.1) is 0 Å². The highest BCUT2D eigenvalue weighted by molar-refractivity contribution is 5.61. The summed E-state index contributed by atoms with van der Waals surface area (Å²) in [6, 6.07) is 4.56. The van der Waals surface area contributed by atoms with Crippen molar-refractivity contribution in [2.75, 3.05) is 0 Å². The van der Waals surface area contributed by atoms with Crippen molar-refractivity contribution in [3.8, 4) is 11.1 Å². The molecule has 2 aromatic rings. The Bertz CT molecular complexity index is 435. The fourth-order valence-corrected chi connectivity index (χ4v) is 1.49. The van der Waals surface area contributed by atoms with Crippen molar-refractivity contribution >= 4 is 0 Å². The summed E-state index contributed by atoms with van der Waals surface area (Å²) in [7, 11) is 0. The van der Waals surface area contributed by atoms with Gasteiger partial charge in [0.05, 0.1) is 12.5 Å². The van der Waals surface area contributed by atoms with E-state index >= 15 is 0 Å². The Kier molecular flexibility index (Phi) is 3.37. The SMILES string of the molecule is CC(C)NCc1cncc(-c2ccoc2)c1. The lowest BCUT2D eigenvalue weighted by atomic mass is 10.1. The second-order valence-corrected chi connectivity index (χ2v) is 4.13. The van der Waals surface area contributed by atoms with Gasteiger partial charge in [-0.3, -0.25) is 4.98 Å². The minimum absolute atomic E-state index is 0.484. The molecule has 0 aliphatic rings. The summed E-state index contributed by atoms with van der Waals surface area (Å²) in [5, 5.41) is 3.37. The standard InChI is InChI=1S/C13H16N2O/c1-10(2)15-7-11-5-13(8-14-6-11)12-3-4-16-9-12/h3-6,8-10,15H,7H2,1-2H3. The van der Waals surface area contributed by atoms with Crippen LogP contribution in [0.1, 0.15) is 19.4 Å². The Morgan fingerprint density at radius 3 is 2.88 bits per heavy atom. The van der Waals surface area contributed by atoms with Crippen molar-refractivity contribution in [2.24, 2.45) is 0 Å². The van der Waals surface area contributed by atoms with Crippen LogP contribution < -0.4 is 5.32 Å². The molecular formula is C13H16N2O. The van der Waals surface area contributed by atoms with Gasteiger partial charge in [0.15, 0.2) is 0 Å². The number of pyridine rings is 1. The zero-order valence-electron chi connectivity index (χ0n) is 9.60. The van der Waals surface area contributed by atoms with Crippen LogP contribution in [-0.4, -0.2) is 11.0 Å². The molecule has 0 bridgehead atoms. The van der Waals surface area contributed by atoms with Gasteiger partial charge in [0.1, 0.15) is 0 Å². The molecule has 0 spiro atoms. The van der Waals surface area contributed by atoms with E-state index in [1.807, 2.05) is 18.5 Å². The topological polar surface area (TPSA) is 38.1 Å². The number of aromatic nitrogens is 1. The third kappa shape index (κ3) is 2.70. The van der Waals surface area contributed by atoms with Crippen LogP contribution in [-0.2, 0) is 6.54 Å². The predicted molar refractivity (Wildman–Crippen MR) is 63.9 cm³/mol. The molecule has 1 N–H and O–H groups in total. The fraction of sp³-hybridized carbons (Fsp3) is 0.308. The third-order valence-corrected chi connectivity index (χ3v) is 2.36. The summed E-state index contributed by atoms with van der Waals surface area (Å²) in [5.74, 6) is 0. The summed E-state index contributed by atoms with van der Waals surface area (Å²) in [4.78, 5) is 4.24. The van der Waals surface area contributed by atoms with Crippen molar-refractivity contribution in [3.05, 3.63) is 42.6 Å². The highest BCUT2D eigenvalue weighted by atomic mass is 16.3. The molecule has 0 radical (unpaired) electrons. The Labute approximate surface area is 95.5 Å². The van der Waals surface area contributed by atoms with E-state index in [4.69, 9.17) is 4.42 Å². The molecule has 0 amide bonds. The smallest absolute Gasteiger partial charge is 0.0981 e. The van der Waals surface area contributed by atoms with Crippen molar-refractivity contribution in [1.29, 1.82) is 0 Å². The molecule has 0 atom stereocenters. The van der Waals surface area contributed by atoms with Gasteiger partial charge in [-0.2, -0.15) is 0 Å². The van der Waals surface area contributed by atoms with Crippen LogP contribution in [0.3, 0.4) is 0 Å². The van der Waals surface area contributed by atoms with E-state index in [9.17, 15) is 0 Å². The highest BCUT2D eigenvalue weighted by Gasteiger charge is 2.01. The highest BCUT2D eigenvalue weighted by Crippen LogP contribution is 2.19. The maximum Gasteiger partial charge on any atom is 0.0981 e. The first-order chi connectivity index (χ1) is 7.75. The number of hydrogen-bond donors (Lipinski definition) is 1. The van der Waals surface area contributed by atoms with Gasteiger partial charge >= 0.3 is 0 Å². The lowest BCUT2D eigenvalue weighted by Crippen LogP contribution is -2.21. The Morgan fingerprint density at radius 1 is 1.31 bits per heavy atom. The van der Waals surface area contributed by atoms with Gasteiger partial charge < -0.3 is 9.73 Å². The number of hydrogen-bond acceptors (Lipinski definition) is 3. The minimum Gasteiger partial charge on any atom is -0.472 e. The van der Waals surface area contributed by atoms with Crippen LogP contribution >= 0.6 is 0 Å². The fourth-order valence-electron chi connectivity index (χ4n) is 1.49. The van der Waals surface area contributed by atoms with Crippen molar-refractivity contribution in [3.63, 3.8) is 0 Å². The summed E-state index contributed by atoms with van der Waals surface area (Å²) < 4.78 is 5.06. The monoisotopic (exact) mass is 216 g/mol. The molecule has 3 heteroatoms.